The Balaban J connectivity index is 3.29. The van der Waals surface area contributed by atoms with Crippen molar-refractivity contribution >= 4 is 17.7 Å². The fourth-order valence-electron chi connectivity index (χ4n) is 1.60. The minimum Gasteiger partial charge on any atom is -0.463 e. The third-order valence-electron chi connectivity index (χ3n) is 2.75. The third-order valence-corrected chi connectivity index (χ3v) is 4.06. The molecule has 0 saturated heterocycles. The predicted molar refractivity (Wildman–Crippen MR) is 77.9 cm³/mol. The molecule has 0 heterocycles. The number of carbonyl (C=O) groups is 1. The van der Waals surface area contributed by atoms with Gasteiger partial charge in [-0.2, -0.15) is 11.8 Å². The normalized spacial score (nSPS) is 12.4. The van der Waals surface area contributed by atoms with E-state index in [1.54, 1.807) is 0 Å². The summed E-state index contributed by atoms with van der Waals surface area (Å²) in [5, 5.41) is 8.55. The molecule has 4 heteroatoms. The Morgan fingerprint density at radius 3 is 2.56 bits per heavy atom. The highest BCUT2D eigenvalue weighted by atomic mass is 32.2. The van der Waals surface area contributed by atoms with E-state index in [1.165, 1.54) is 38.5 Å². The van der Waals surface area contributed by atoms with Crippen molar-refractivity contribution in [2.75, 3.05) is 24.7 Å². The molecule has 0 aliphatic heterocycles. The summed E-state index contributed by atoms with van der Waals surface area (Å²) < 4.78 is 4.87. The molecule has 0 rings (SSSR count). The number of carbonyl (C=O) groups excluding carboxylic acids is 1. The van der Waals surface area contributed by atoms with Gasteiger partial charge in [-0.25, -0.2) is 0 Å². The standard InChI is InChI=1S/C14H28O3S/c1-3-4-5-6-7-8-11-18-12-13(2)14(16)17-10-9-15/h13,15H,3-12H2,1-2H3. The number of esters is 1. The molecule has 0 fully saturated rings. The van der Waals surface area contributed by atoms with Crippen LogP contribution in [-0.4, -0.2) is 35.8 Å². The van der Waals surface area contributed by atoms with Crippen LogP contribution in [0.15, 0.2) is 0 Å². The minimum absolute atomic E-state index is 0.0679. The van der Waals surface area contributed by atoms with Gasteiger partial charge in [0.05, 0.1) is 12.5 Å². The Morgan fingerprint density at radius 1 is 1.22 bits per heavy atom. The molecule has 0 bridgehead atoms. The van der Waals surface area contributed by atoms with Gasteiger partial charge in [-0.15, -0.1) is 0 Å². The molecule has 0 aromatic heterocycles. The Morgan fingerprint density at radius 2 is 1.89 bits per heavy atom. The second-order valence-electron chi connectivity index (χ2n) is 4.63. The van der Waals surface area contributed by atoms with Crippen molar-refractivity contribution in [3.8, 4) is 0 Å². The second-order valence-corrected chi connectivity index (χ2v) is 5.78. The summed E-state index contributed by atoms with van der Waals surface area (Å²) >= 11 is 1.82. The maximum Gasteiger partial charge on any atom is 0.309 e. The van der Waals surface area contributed by atoms with Crippen molar-refractivity contribution in [3.63, 3.8) is 0 Å². The van der Waals surface area contributed by atoms with Crippen molar-refractivity contribution < 1.29 is 14.6 Å². The number of hydrogen-bond acceptors (Lipinski definition) is 4. The molecule has 0 amide bonds. The average Bonchev–Trinajstić information content (AvgIpc) is 2.38. The van der Waals surface area contributed by atoms with E-state index in [4.69, 9.17) is 9.84 Å². The van der Waals surface area contributed by atoms with Crippen LogP contribution in [0.25, 0.3) is 0 Å². The van der Waals surface area contributed by atoms with Crippen LogP contribution in [-0.2, 0) is 9.53 Å². The topological polar surface area (TPSA) is 46.5 Å². The summed E-state index contributed by atoms with van der Waals surface area (Å²) in [6.45, 7) is 4.13. The SMILES string of the molecule is CCCCCCCCSCC(C)C(=O)OCCO. The fourth-order valence-corrected chi connectivity index (χ4v) is 2.67. The first-order valence-electron chi connectivity index (χ1n) is 7.07. The minimum atomic E-state index is -0.195. The van der Waals surface area contributed by atoms with Gasteiger partial charge in [0.1, 0.15) is 6.61 Å². The molecule has 3 nitrogen and oxygen atoms in total. The Labute approximate surface area is 116 Å². The van der Waals surface area contributed by atoms with Crippen LogP contribution in [0, 0.1) is 5.92 Å². The summed E-state index contributed by atoms with van der Waals surface area (Å²) in [4.78, 5) is 11.4. The lowest BCUT2D eigenvalue weighted by atomic mass is 10.1. The van der Waals surface area contributed by atoms with Gasteiger partial charge in [0, 0.05) is 5.75 Å². The number of aliphatic hydroxyl groups excluding tert-OH is 1. The number of rotatable bonds is 12. The first-order valence-corrected chi connectivity index (χ1v) is 8.23. The molecule has 0 aliphatic carbocycles. The van der Waals surface area contributed by atoms with Crippen molar-refractivity contribution in [1.29, 1.82) is 0 Å². The number of unbranched alkanes of at least 4 members (excludes halogenated alkanes) is 5. The molecule has 1 N–H and O–H groups in total. The lowest BCUT2D eigenvalue weighted by molar-refractivity contribution is -0.148. The molecular formula is C14H28O3S. The van der Waals surface area contributed by atoms with Gasteiger partial charge in [0.15, 0.2) is 0 Å². The highest BCUT2D eigenvalue weighted by molar-refractivity contribution is 7.99. The van der Waals surface area contributed by atoms with Crippen LogP contribution < -0.4 is 0 Å². The molecule has 0 radical (unpaired) electrons. The Kier molecular flexibility index (Phi) is 13.1. The zero-order valence-electron chi connectivity index (χ0n) is 11.8. The highest BCUT2D eigenvalue weighted by Crippen LogP contribution is 2.13. The van der Waals surface area contributed by atoms with Crippen LogP contribution in [0.2, 0.25) is 0 Å². The second kappa shape index (κ2) is 13.2. The molecule has 1 atom stereocenters. The van der Waals surface area contributed by atoms with Crippen molar-refractivity contribution in [2.45, 2.75) is 52.4 Å². The molecule has 0 aromatic carbocycles. The lowest BCUT2D eigenvalue weighted by Gasteiger charge is -2.10. The van der Waals surface area contributed by atoms with Gasteiger partial charge in [-0.1, -0.05) is 46.0 Å². The van der Waals surface area contributed by atoms with Crippen LogP contribution in [0.4, 0.5) is 0 Å². The maximum atomic E-state index is 11.4. The summed E-state index contributed by atoms with van der Waals surface area (Å²) in [7, 11) is 0. The number of ether oxygens (including phenoxy) is 1. The highest BCUT2D eigenvalue weighted by Gasteiger charge is 2.13. The number of hydrogen-bond donors (Lipinski definition) is 1. The van der Waals surface area contributed by atoms with Crippen molar-refractivity contribution in [1.82, 2.24) is 0 Å². The zero-order chi connectivity index (χ0) is 13.6. The zero-order valence-corrected chi connectivity index (χ0v) is 12.6. The quantitative estimate of drug-likeness (QED) is 0.439. The molecular weight excluding hydrogens is 248 g/mol. The largest absolute Gasteiger partial charge is 0.463 e. The van der Waals surface area contributed by atoms with Crippen molar-refractivity contribution in [3.05, 3.63) is 0 Å². The Bertz CT molecular complexity index is 197. The molecule has 0 aromatic rings. The van der Waals surface area contributed by atoms with Crippen LogP contribution in [0.3, 0.4) is 0 Å². The number of thioether (sulfide) groups is 1. The summed E-state index contributed by atoms with van der Waals surface area (Å²) in [6.07, 6.45) is 7.87. The van der Waals surface area contributed by atoms with E-state index in [0.29, 0.717) is 0 Å². The predicted octanol–water partition coefficient (Wildman–Crippen LogP) is 3.25. The molecule has 0 aliphatic rings. The van der Waals surface area contributed by atoms with Crippen LogP contribution >= 0.6 is 11.8 Å². The lowest BCUT2D eigenvalue weighted by Crippen LogP contribution is -2.18. The van der Waals surface area contributed by atoms with Gasteiger partial charge in [0.25, 0.3) is 0 Å². The fraction of sp³-hybridized carbons (Fsp3) is 0.929. The molecule has 1 unspecified atom stereocenters. The van der Waals surface area contributed by atoms with Gasteiger partial charge >= 0.3 is 5.97 Å². The van der Waals surface area contributed by atoms with E-state index in [0.717, 1.165) is 11.5 Å². The maximum absolute atomic E-state index is 11.4. The average molecular weight is 276 g/mol. The van der Waals surface area contributed by atoms with Gasteiger partial charge < -0.3 is 9.84 Å². The summed E-state index contributed by atoms with van der Waals surface area (Å²) in [5.74, 6) is 1.68. The van der Waals surface area contributed by atoms with E-state index in [1.807, 2.05) is 18.7 Å². The van der Waals surface area contributed by atoms with Crippen molar-refractivity contribution in [2.24, 2.45) is 5.92 Å². The van der Waals surface area contributed by atoms with Crippen LogP contribution in [0.1, 0.15) is 52.4 Å². The first kappa shape index (κ1) is 17.8. The summed E-state index contributed by atoms with van der Waals surface area (Å²) in [6, 6.07) is 0. The van der Waals surface area contributed by atoms with E-state index in [9.17, 15) is 4.79 Å². The molecule has 0 spiro atoms. The van der Waals surface area contributed by atoms with Gasteiger partial charge in [-0.3, -0.25) is 4.79 Å². The monoisotopic (exact) mass is 276 g/mol. The molecule has 108 valence electrons. The number of aliphatic hydroxyl groups is 1. The van der Waals surface area contributed by atoms with E-state index in [2.05, 4.69) is 6.92 Å². The molecule has 18 heavy (non-hydrogen) atoms. The molecule has 0 saturated carbocycles. The summed E-state index contributed by atoms with van der Waals surface area (Å²) in [5.41, 5.74) is 0. The van der Waals surface area contributed by atoms with Gasteiger partial charge in [0.2, 0.25) is 0 Å². The smallest absolute Gasteiger partial charge is 0.309 e. The van der Waals surface area contributed by atoms with Gasteiger partial charge in [-0.05, 0) is 12.2 Å². The first-order chi connectivity index (χ1) is 8.72. The van der Waals surface area contributed by atoms with E-state index >= 15 is 0 Å². The van der Waals surface area contributed by atoms with E-state index in [-0.39, 0.29) is 25.1 Å². The van der Waals surface area contributed by atoms with Crippen LogP contribution in [0.5, 0.6) is 0 Å². The Hall–Kier alpha value is -0.220. The third kappa shape index (κ3) is 10.9. The van der Waals surface area contributed by atoms with E-state index < -0.39 is 0 Å².